The number of nitrogens with zero attached hydrogens (tertiary/aromatic N) is 1. The van der Waals surface area contributed by atoms with Gasteiger partial charge < -0.3 is 20.3 Å². The molecule has 0 atom stereocenters. The van der Waals surface area contributed by atoms with Crippen molar-refractivity contribution in [1.82, 2.24) is 4.98 Å². The number of hydrogen-bond donors (Lipinski definition) is 3. The fourth-order valence-electron chi connectivity index (χ4n) is 2.31. The van der Waals surface area contributed by atoms with E-state index in [-0.39, 0.29) is 17.0 Å². The van der Waals surface area contributed by atoms with Gasteiger partial charge in [0.15, 0.2) is 11.7 Å². The number of carbonyl (C=O) groups excluding carboxylic acids is 2. The van der Waals surface area contributed by atoms with Gasteiger partial charge in [-0.3, -0.25) is 10.1 Å². The Morgan fingerprint density at radius 2 is 1.96 bits per heavy atom. The molecule has 9 heteroatoms. The van der Waals surface area contributed by atoms with Crippen molar-refractivity contribution in [1.29, 1.82) is 0 Å². The number of hydrogen-bond acceptors (Lipinski definition) is 8. The zero-order valence-electron chi connectivity index (χ0n) is 14.8. The quantitative estimate of drug-likeness (QED) is 0.331. The first kappa shape index (κ1) is 19.2. The monoisotopic (exact) mass is 399 g/mol. The lowest BCUT2D eigenvalue weighted by atomic mass is 10.2. The van der Waals surface area contributed by atoms with Crippen molar-refractivity contribution in [3.8, 4) is 22.8 Å². The lowest BCUT2D eigenvalue weighted by molar-refractivity contribution is -0.119. The van der Waals surface area contributed by atoms with Crippen LogP contribution in [0.3, 0.4) is 0 Å². The Labute approximate surface area is 164 Å². The second-order valence-corrected chi connectivity index (χ2v) is 6.52. The number of phenolic OH excluding ortho intramolecular Hbond substituents is 1. The number of methoxy groups -OCH3 is 1. The van der Waals surface area contributed by atoms with Crippen LogP contribution in [0.1, 0.15) is 10.4 Å². The van der Waals surface area contributed by atoms with E-state index in [4.69, 9.17) is 15.2 Å². The molecule has 0 saturated carbocycles. The normalized spacial score (nSPS) is 10.3. The summed E-state index contributed by atoms with van der Waals surface area (Å²) >= 11 is 1.25. The predicted octanol–water partition coefficient (Wildman–Crippen LogP) is 2.90. The number of aromatic nitrogens is 1. The van der Waals surface area contributed by atoms with E-state index in [2.05, 4.69) is 10.3 Å². The lowest BCUT2D eigenvalue weighted by Gasteiger charge is -2.07. The smallest absolute Gasteiger partial charge is 0.340 e. The minimum absolute atomic E-state index is 0.0103. The number of esters is 1. The molecule has 3 rings (SSSR count). The summed E-state index contributed by atoms with van der Waals surface area (Å²) in [5.74, 6) is -0.731. The molecule has 28 heavy (non-hydrogen) atoms. The van der Waals surface area contributed by atoms with Crippen LogP contribution in [0.15, 0.2) is 47.8 Å². The Kier molecular flexibility index (Phi) is 5.75. The molecule has 8 nitrogen and oxygen atoms in total. The SMILES string of the molecule is COc1ccc(-c2csc(NC(=O)COC(=O)c3cc(O)ccc3N)n2)cc1. The minimum atomic E-state index is -0.804. The summed E-state index contributed by atoms with van der Waals surface area (Å²) in [5, 5.41) is 14.2. The number of thiazole rings is 1. The van der Waals surface area contributed by atoms with Crippen molar-refractivity contribution in [2.45, 2.75) is 0 Å². The van der Waals surface area contributed by atoms with Gasteiger partial charge in [-0.1, -0.05) is 0 Å². The first-order valence-electron chi connectivity index (χ1n) is 8.11. The Morgan fingerprint density at radius 3 is 2.68 bits per heavy atom. The number of nitrogen functional groups attached to an aromatic ring is 1. The summed E-state index contributed by atoms with van der Waals surface area (Å²) in [5.41, 5.74) is 7.38. The number of nitrogens with one attached hydrogen (secondary N) is 1. The van der Waals surface area contributed by atoms with Crippen LogP contribution in [-0.2, 0) is 9.53 Å². The fourth-order valence-corrected chi connectivity index (χ4v) is 3.05. The number of carbonyl (C=O) groups is 2. The van der Waals surface area contributed by atoms with Crippen LogP contribution < -0.4 is 15.8 Å². The van der Waals surface area contributed by atoms with E-state index in [1.54, 1.807) is 12.5 Å². The average molecular weight is 399 g/mol. The van der Waals surface area contributed by atoms with Gasteiger partial charge in [0.2, 0.25) is 0 Å². The number of phenols is 1. The molecular weight excluding hydrogens is 382 g/mol. The van der Waals surface area contributed by atoms with Crippen molar-refractivity contribution >= 4 is 34.0 Å². The third kappa shape index (κ3) is 4.57. The van der Waals surface area contributed by atoms with Gasteiger partial charge in [0.1, 0.15) is 11.5 Å². The van der Waals surface area contributed by atoms with Crippen LogP contribution in [0, 0.1) is 0 Å². The first-order valence-corrected chi connectivity index (χ1v) is 8.99. The van der Waals surface area contributed by atoms with Crippen LogP contribution in [0.25, 0.3) is 11.3 Å². The van der Waals surface area contributed by atoms with Crippen molar-refractivity contribution in [3.05, 3.63) is 53.4 Å². The van der Waals surface area contributed by atoms with Crippen molar-refractivity contribution in [2.24, 2.45) is 0 Å². The van der Waals surface area contributed by atoms with Crippen LogP contribution in [0.4, 0.5) is 10.8 Å². The van der Waals surface area contributed by atoms with Crippen LogP contribution >= 0.6 is 11.3 Å². The van der Waals surface area contributed by atoms with Crippen LogP contribution in [0.5, 0.6) is 11.5 Å². The molecule has 0 spiro atoms. The van der Waals surface area contributed by atoms with E-state index in [0.717, 1.165) is 11.3 Å². The second-order valence-electron chi connectivity index (χ2n) is 5.66. The van der Waals surface area contributed by atoms with Crippen molar-refractivity contribution in [3.63, 3.8) is 0 Å². The van der Waals surface area contributed by atoms with Gasteiger partial charge in [0.05, 0.1) is 18.4 Å². The standard InChI is InChI=1S/C19H17N3O5S/c1-26-13-5-2-11(3-6-13)16-10-28-19(21-16)22-17(24)9-27-18(25)14-8-12(23)4-7-15(14)20/h2-8,10,23H,9,20H2,1H3,(H,21,22,24). The van der Waals surface area contributed by atoms with Gasteiger partial charge in [-0.15, -0.1) is 11.3 Å². The minimum Gasteiger partial charge on any atom is -0.508 e. The maximum Gasteiger partial charge on any atom is 0.340 e. The first-order chi connectivity index (χ1) is 13.5. The highest BCUT2D eigenvalue weighted by atomic mass is 32.1. The van der Waals surface area contributed by atoms with Crippen molar-refractivity contribution in [2.75, 3.05) is 24.8 Å². The van der Waals surface area contributed by atoms with Gasteiger partial charge in [0, 0.05) is 16.6 Å². The molecule has 144 valence electrons. The topological polar surface area (TPSA) is 124 Å². The maximum atomic E-state index is 12.0. The Hall–Kier alpha value is -3.59. The molecule has 1 heterocycles. The molecule has 0 saturated heterocycles. The number of anilines is 2. The van der Waals surface area contributed by atoms with Crippen molar-refractivity contribution < 1.29 is 24.2 Å². The highest BCUT2D eigenvalue weighted by Gasteiger charge is 2.15. The molecule has 2 aromatic carbocycles. The summed E-state index contributed by atoms with van der Waals surface area (Å²) in [6, 6.07) is 11.3. The molecule has 0 bridgehead atoms. The molecule has 1 aromatic heterocycles. The Morgan fingerprint density at radius 1 is 1.21 bits per heavy atom. The summed E-state index contributed by atoms with van der Waals surface area (Å²) in [6.45, 7) is -0.509. The lowest BCUT2D eigenvalue weighted by Crippen LogP contribution is -2.21. The van der Waals surface area contributed by atoms with E-state index >= 15 is 0 Å². The molecule has 0 aliphatic rings. The van der Waals surface area contributed by atoms with Gasteiger partial charge in [-0.05, 0) is 42.5 Å². The largest absolute Gasteiger partial charge is 0.508 e. The molecule has 0 radical (unpaired) electrons. The van der Waals surface area contributed by atoms with Gasteiger partial charge in [0.25, 0.3) is 5.91 Å². The molecule has 1 amide bonds. The third-order valence-corrected chi connectivity index (χ3v) is 4.49. The Bertz CT molecular complexity index is 1000. The summed E-state index contributed by atoms with van der Waals surface area (Å²) in [6.07, 6.45) is 0. The van der Waals surface area contributed by atoms with E-state index in [0.29, 0.717) is 10.8 Å². The molecule has 0 unspecified atom stereocenters. The number of benzene rings is 2. The predicted molar refractivity (Wildman–Crippen MR) is 106 cm³/mol. The fraction of sp³-hybridized carbons (Fsp3) is 0.105. The molecule has 0 aliphatic heterocycles. The van der Waals surface area contributed by atoms with Crippen LogP contribution in [-0.4, -0.2) is 35.7 Å². The Balaban J connectivity index is 1.57. The van der Waals surface area contributed by atoms with E-state index < -0.39 is 18.5 Å². The van der Waals surface area contributed by atoms with Gasteiger partial charge >= 0.3 is 5.97 Å². The van der Waals surface area contributed by atoms with E-state index in [1.807, 2.05) is 24.3 Å². The number of aromatic hydroxyl groups is 1. The summed E-state index contributed by atoms with van der Waals surface area (Å²) < 4.78 is 10.1. The second kappa shape index (κ2) is 8.40. The van der Waals surface area contributed by atoms with E-state index in [9.17, 15) is 14.7 Å². The van der Waals surface area contributed by atoms with Crippen LogP contribution in [0.2, 0.25) is 0 Å². The number of nitrogens with two attached hydrogens (primary N) is 1. The van der Waals surface area contributed by atoms with Gasteiger partial charge in [-0.2, -0.15) is 0 Å². The maximum absolute atomic E-state index is 12.0. The zero-order chi connectivity index (χ0) is 20.1. The van der Waals surface area contributed by atoms with Gasteiger partial charge in [-0.25, -0.2) is 9.78 Å². The zero-order valence-corrected chi connectivity index (χ0v) is 15.7. The molecule has 0 fully saturated rings. The number of ether oxygens (including phenoxy) is 2. The molecule has 3 aromatic rings. The summed E-state index contributed by atoms with van der Waals surface area (Å²) in [4.78, 5) is 28.3. The number of rotatable bonds is 6. The molecular formula is C19H17N3O5S. The highest BCUT2D eigenvalue weighted by molar-refractivity contribution is 7.14. The third-order valence-electron chi connectivity index (χ3n) is 3.73. The average Bonchev–Trinajstić information content (AvgIpc) is 3.16. The van der Waals surface area contributed by atoms with E-state index in [1.165, 1.54) is 29.5 Å². The summed E-state index contributed by atoms with van der Waals surface area (Å²) in [7, 11) is 1.59. The molecule has 0 aliphatic carbocycles. The number of amides is 1. The highest BCUT2D eigenvalue weighted by Crippen LogP contribution is 2.26. The molecule has 4 N–H and O–H groups in total.